The van der Waals surface area contributed by atoms with E-state index < -0.39 is 0 Å². The predicted octanol–water partition coefficient (Wildman–Crippen LogP) is 6.30. The smallest absolute Gasteiger partial charge is 0.185 e. The van der Waals surface area contributed by atoms with Gasteiger partial charge in [-0.25, -0.2) is 9.97 Å². The van der Waals surface area contributed by atoms with Crippen molar-refractivity contribution >= 4 is 27.9 Å². The molecule has 1 fully saturated rings. The fourth-order valence-electron chi connectivity index (χ4n) is 3.27. The Bertz CT molecular complexity index is 943. The molecule has 150 valence electrons. The third kappa shape index (κ3) is 5.24. The molecule has 0 aliphatic heterocycles. The average molecular weight is 405 g/mol. The van der Waals surface area contributed by atoms with E-state index in [-0.39, 0.29) is 0 Å². The SMILES string of the molecule is CCCN(CC1CC1)c1nc(/C(C)=C/Nc2ccc(-c3ccccc3)cn2)cs1. The molecule has 5 heteroatoms. The maximum Gasteiger partial charge on any atom is 0.185 e. The van der Waals surface area contributed by atoms with Crippen molar-refractivity contribution in [3.8, 4) is 11.1 Å². The van der Waals surface area contributed by atoms with Gasteiger partial charge in [-0.05, 0) is 55.4 Å². The number of allylic oxidation sites excluding steroid dienone is 1. The molecule has 2 heterocycles. The Morgan fingerprint density at radius 2 is 2.00 bits per heavy atom. The van der Waals surface area contributed by atoms with Crippen LogP contribution < -0.4 is 10.2 Å². The van der Waals surface area contributed by atoms with Gasteiger partial charge in [0.25, 0.3) is 0 Å². The van der Waals surface area contributed by atoms with Gasteiger partial charge in [0.2, 0.25) is 0 Å². The Morgan fingerprint density at radius 1 is 1.17 bits per heavy atom. The Balaban J connectivity index is 1.40. The first-order valence-corrected chi connectivity index (χ1v) is 11.3. The number of rotatable bonds is 9. The van der Waals surface area contributed by atoms with Crippen molar-refractivity contribution in [2.24, 2.45) is 5.92 Å². The zero-order chi connectivity index (χ0) is 20.1. The van der Waals surface area contributed by atoms with E-state index in [1.54, 1.807) is 11.3 Å². The van der Waals surface area contributed by atoms with Gasteiger partial charge in [0.15, 0.2) is 5.13 Å². The second-order valence-electron chi connectivity index (χ2n) is 7.67. The van der Waals surface area contributed by atoms with Crippen molar-refractivity contribution < 1.29 is 0 Å². The van der Waals surface area contributed by atoms with Gasteiger partial charge < -0.3 is 10.2 Å². The van der Waals surface area contributed by atoms with Crippen LogP contribution >= 0.6 is 11.3 Å². The van der Waals surface area contributed by atoms with Crippen LogP contribution in [0.3, 0.4) is 0 Å². The number of thiazole rings is 1. The quantitative estimate of drug-likeness (QED) is 0.454. The first-order valence-electron chi connectivity index (χ1n) is 10.4. The molecule has 29 heavy (non-hydrogen) atoms. The fraction of sp³-hybridized carbons (Fsp3) is 0.333. The van der Waals surface area contributed by atoms with Crippen molar-refractivity contribution in [1.82, 2.24) is 9.97 Å². The first-order chi connectivity index (χ1) is 14.2. The summed E-state index contributed by atoms with van der Waals surface area (Å²) < 4.78 is 0. The number of nitrogens with one attached hydrogen (secondary N) is 1. The standard InChI is InChI=1S/C24H28N4S/c1-3-13-28(16-19-9-10-19)24-27-22(17-29-24)18(2)14-25-23-12-11-21(15-26-23)20-7-5-4-6-8-20/h4-8,11-12,14-15,17,19H,3,9-10,13,16H2,1-2H3,(H,25,26)/b18-14+. The molecule has 1 aromatic carbocycles. The number of aromatic nitrogens is 2. The lowest BCUT2D eigenvalue weighted by Gasteiger charge is -2.20. The van der Waals surface area contributed by atoms with Crippen LogP contribution in [0.15, 0.2) is 60.2 Å². The van der Waals surface area contributed by atoms with E-state index in [4.69, 9.17) is 4.98 Å². The van der Waals surface area contributed by atoms with Crippen LogP contribution in [0.2, 0.25) is 0 Å². The van der Waals surface area contributed by atoms with E-state index >= 15 is 0 Å². The summed E-state index contributed by atoms with van der Waals surface area (Å²) in [7, 11) is 0. The summed E-state index contributed by atoms with van der Waals surface area (Å²) >= 11 is 1.75. The van der Waals surface area contributed by atoms with E-state index in [2.05, 4.69) is 52.6 Å². The van der Waals surface area contributed by atoms with E-state index in [1.165, 1.54) is 18.4 Å². The van der Waals surface area contributed by atoms with Crippen LogP contribution in [0.1, 0.15) is 38.8 Å². The molecule has 0 saturated heterocycles. The zero-order valence-electron chi connectivity index (χ0n) is 17.1. The summed E-state index contributed by atoms with van der Waals surface area (Å²) in [5.74, 6) is 1.71. The van der Waals surface area contributed by atoms with Crippen molar-refractivity contribution in [2.45, 2.75) is 33.1 Å². The first kappa shape index (κ1) is 19.6. The summed E-state index contributed by atoms with van der Waals surface area (Å²) in [6, 6.07) is 14.4. The van der Waals surface area contributed by atoms with Crippen molar-refractivity contribution in [2.75, 3.05) is 23.3 Å². The highest BCUT2D eigenvalue weighted by Crippen LogP contribution is 2.33. The largest absolute Gasteiger partial charge is 0.348 e. The van der Waals surface area contributed by atoms with Crippen LogP contribution in [-0.4, -0.2) is 23.1 Å². The minimum Gasteiger partial charge on any atom is -0.348 e. The molecule has 0 radical (unpaired) electrons. The predicted molar refractivity (Wildman–Crippen MR) is 124 cm³/mol. The Labute approximate surface area is 177 Å². The molecule has 0 bridgehead atoms. The van der Waals surface area contributed by atoms with Crippen molar-refractivity contribution in [3.63, 3.8) is 0 Å². The maximum absolute atomic E-state index is 4.89. The highest BCUT2D eigenvalue weighted by molar-refractivity contribution is 7.13. The monoisotopic (exact) mass is 404 g/mol. The number of hydrogen-bond donors (Lipinski definition) is 1. The van der Waals surface area contributed by atoms with Crippen LogP contribution in [0, 0.1) is 5.92 Å². The third-order valence-corrected chi connectivity index (χ3v) is 6.04. The molecule has 1 aliphatic rings. The van der Waals surface area contributed by atoms with E-state index in [1.807, 2.05) is 36.7 Å². The number of hydrogen-bond acceptors (Lipinski definition) is 5. The molecule has 2 aromatic heterocycles. The lowest BCUT2D eigenvalue weighted by molar-refractivity contribution is 0.705. The molecule has 0 amide bonds. The van der Waals surface area contributed by atoms with Gasteiger partial charge in [-0.2, -0.15) is 0 Å². The second-order valence-corrected chi connectivity index (χ2v) is 8.51. The summed E-state index contributed by atoms with van der Waals surface area (Å²) in [5, 5.41) is 6.61. The van der Waals surface area contributed by atoms with Gasteiger partial charge in [-0.3, -0.25) is 0 Å². The molecule has 1 saturated carbocycles. The van der Waals surface area contributed by atoms with Crippen LogP contribution in [-0.2, 0) is 0 Å². The van der Waals surface area contributed by atoms with Gasteiger partial charge in [0, 0.05) is 36.4 Å². The number of nitrogens with zero attached hydrogens (tertiary/aromatic N) is 3. The van der Waals surface area contributed by atoms with Gasteiger partial charge in [0.1, 0.15) is 5.82 Å². The van der Waals surface area contributed by atoms with E-state index in [0.29, 0.717) is 0 Å². The zero-order valence-corrected chi connectivity index (χ0v) is 18.0. The molecule has 4 nitrogen and oxygen atoms in total. The lowest BCUT2D eigenvalue weighted by atomic mass is 10.1. The van der Waals surface area contributed by atoms with E-state index in [0.717, 1.165) is 53.2 Å². The molecule has 1 N–H and O–H groups in total. The highest BCUT2D eigenvalue weighted by Gasteiger charge is 2.25. The number of anilines is 2. The molecule has 0 unspecified atom stereocenters. The Hall–Kier alpha value is -2.66. The third-order valence-electron chi connectivity index (χ3n) is 5.14. The van der Waals surface area contributed by atoms with Crippen molar-refractivity contribution in [3.05, 3.63) is 65.9 Å². The lowest BCUT2D eigenvalue weighted by Crippen LogP contribution is -2.26. The molecule has 0 spiro atoms. The normalized spacial score (nSPS) is 14.1. The molecule has 0 atom stereocenters. The Morgan fingerprint density at radius 3 is 2.69 bits per heavy atom. The minimum atomic E-state index is 0.834. The summed E-state index contributed by atoms with van der Waals surface area (Å²) in [5.41, 5.74) is 4.45. The van der Waals surface area contributed by atoms with Gasteiger partial charge in [-0.15, -0.1) is 11.3 Å². The second kappa shape index (κ2) is 9.23. The molecular formula is C24H28N4S. The molecule has 1 aliphatic carbocycles. The van der Waals surface area contributed by atoms with Crippen LogP contribution in [0.4, 0.5) is 10.9 Å². The Kier molecular flexibility index (Phi) is 6.25. The molecule has 4 rings (SSSR count). The number of benzene rings is 1. The summed E-state index contributed by atoms with van der Waals surface area (Å²) in [4.78, 5) is 11.9. The highest BCUT2D eigenvalue weighted by atomic mass is 32.1. The van der Waals surface area contributed by atoms with E-state index in [9.17, 15) is 0 Å². The molecular weight excluding hydrogens is 376 g/mol. The van der Waals surface area contributed by atoms with Crippen LogP contribution in [0.5, 0.6) is 0 Å². The number of pyridine rings is 1. The fourth-order valence-corrected chi connectivity index (χ4v) is 4.20. The minimum absolute atomic E-state index is 0.834. The summed E-state index contributed by atoms with van der Waals surface area (Å²) in [6.07, 6.45) is 7.80. The van der Waals surface area contributed by atoms with Gasteiger partial charge in [-0.1, -0.05) is 37.3 Å². The topological polar surface area (TPSA) is 41.1 Å². The van der Waals surface area contributed by atoms with Gasteiger partial charge in [0.05, 0.1) is 5.69 Å². The average Bonchev–Trinajstić information content (AvgIpc) is 3.45. The van der Waals surface area contributed by atoms with Gasteiger partial charge >= 0.3 is 0 Å². The summed E-state index contributed by atoms with van der Waals surface area (Å²) in [6.45, 7) is 6.57. The molecule has 3 aromatic rings. The maximum atomic E-state index is 4.89. The van der Waals surface area contributed by atoms with Crippen molar-refractivity contribution in [1.29, 1.82) is 0 Å². The van der Waals surface area contributed by atoms with Crippen LogP contribution in [0.25, 0.3) is 16.7 Å².